The Labute approximate surface area is 99.4 Å². The highest BCUT2D eigenvalue weighted by Gasteiger charge is 2.01. The van der Waals surface area contributed by atoms with Gasteiger partial charge in [-0.25, -0.2) is 0 Å². The molecule has 0 saturated carbocycles. The number of aryl methyl sites for hydroxylation is 1. The van der Waals surface area contributed by atoms with Gasteiger partial charge in [-0.15, -0.1) is 12.4 Å². The first-order valence-corrected chi connectivity index (χ1v) is 4.75. The predicted octanol–water partition coefficient (Wildman–Crippen LogP) is 0.423. The van der Waals surface area contributed by atoms with E-state index in [1.165, 1.54) is 0 Å². The summed E-state index contributed by atoms with van der Waals surface area (Å²) in [7, 11) is 0. The lowest BCUT2D eigenvalue weighted by atomic mass is 10.4. The van der Waals surface area contributed by atoms with Crippen molar-refractivity contribution in [2.45, 2.75) is 13.0 Å². The molecule has 5 nitrogen and oxygen atoms in total. The molecule has 0 fully saturated rings. The molecule has 0 spiro atoms. The maximum absolute atomic E-state index is 11.1. The molecule has 0 saturated heterocycles. The third kappa shape index (κ3) is 5.61. The van der Waals surface area contributed by atoms with Gasteiger partial charge >= 0.3 is 0 Å². The summed E-state index contributed by atoms with van der Waals surface area (Å²) in [5.41, 5.74) is 5.24. The molecular formula is C8H14Cl2N4O. The van der Waals surface area contributed by atoms with Crippen LogP contribution in [0, 0.1) is 0 Å². The highest BCUT2D eigenvalue weighted by molar-refractivity contribution is 6.30. The Hall–Kier alpha value is -0.780. The van der Waals surface area contributed by atoms with Crippen LogP contribution < -0.4 is 11.1 Å². The number of aromatic nitrogens is 2. The van der Waals surface area contributed by atoms with Crippen LogP contribution in [0.15, 0.2) is 12.4 Å². The molecule has 0 aromatic carbocycles. The fraction of sp³-hybridized carbons (Fsp3) is 0.500. The topological polar surface area (TPSA) is 72.9 Å². The third-order valence-electron chi connectivity index (χ3n) is 1.64. The van der Waals surface area contributed by atoms with Crippen LogP contribution in [0.25, 0.3) is 0 Å². The first-order chi connectivity index (χ1) is 6.72. The lowest BCUT2D eigenvalue weighted by molar-refractivity contribution is -0.121. The van der Waals surface area contributed by atoms with Gasteiger partial charge in [-0.2, -0.15) is 5.10 Å². The van der Waals surface area contributed by atoms with Crippen LogP contribution in [0.3, 0.4) is 0 Å². The van der Waals surface area contributed by atoms with E-state index in [1.54, 1.807) is 17.1 Å². The Morgan fingerprint density at radius 2 is 2.40 bits per heavy atom. The van der Waals surface area contributed by atoms with Crippen LogP contribution in [0.1, 0.15) is 6.42 Å². The van der Waals surface area contributed by atoms with Crippen molar-refractivity contribution in [2.75, 3.05) is 13.1 Å². The summed E-state index contributed by atoms with van der Waals surface area (Å²) in [5, 5.41) is 7.20. The largest absolute Gasteiger partial charge is 0.355 e. The van der Waals surface area contributed by atoms with Gasteiger partial charge in [0.25, 0.3) is 0 Å². The van der Waals surface area contributed by atoms with E-state index in [-0.39, 0.29) is 18.3 Å². The third-order valence-corrected chi connectivity index (χ3v) is 1.83. The average Bonchev–Trinajstić information content (AvgIpc) is 2.58. The molecule has 0 unspecified atom stereocenters. The monoisotopic (exact) mass is 252 g/mol. The molecular weight excluding hydrogens is 239 g/mol. The number of nitrogens with two attached hydrogens (primary N) is 1. The first-order valence-electron chi connectivity index (χ1n) is 4.37. The molecule has 1 aromatic rings. The highest BCUT2D eigenvalue weighted by Crippen LogP contribution is 2.04. The summed E-state index contributed by atoms with van der Waals surface area (Å²) < 4.78 is 1.63. The zero-order valence-electron chi connectivity index (χ0n) is 8.15. The molecule has 0 radical (unpaired) electrons. The van der Waals surface area contributed by atoms with Crippen LogP contribution in [0.4, 0.5) is 0 Å². The van der Waals surface area contributed by atoms with Gasteiger partial charge in [0.15, 0.2) is 0 Å². The lowest BCUT2D eigenvalue weighted by Crippen LogP contribution is -2.29. The van der Waals surface area contributed by atoms with E-state index < -0.39 is 0 Å². The van der Waals surface area contributed by atoms with E-state index in [1.807, 2.05) is 0 Å². The molecule has 1 amide bonds. The summed E-state index contributed by atoms with van der Waals surface area (Å²) >= 11 is 5.66. The molecule has 1 aromatic heterocycles. The number of nitrogens with one attached hydrogen (secondary N) is 1. The van der Waals surface area contributed by atoms with Gasteiger partial charge in [0.2, 0.25) is 5.91 Å². The van der Waals surface area contributed by atoms with Gasteiger partial charge in [0.05, 0.1) is 11.2 Å². The standard InChI is InChI=1S/C8H13ClN4O.ClH/c9-7-5-12-13(6-7)4-1-8(14)11-3-2-10;/h5-6H,1-4,10H2,(H,11,14);1H. The molecule has 0 aliphatic carbocycles. The molecule has 0 bridgehead atoms. The van der Waals surface area contributed by atoms with Gasteiger partial charge in [0.1, 0.15) is 0 Å². The Bertz CT molecular complexity index is 303. The maximum Gasteiger partial charge on any atom is 0.221 e. The number of amides is 1. The number of hydrogen-bond acceptors (Lipinski definition) is 3. The van der Waals surface area contributed by atoms with Crippen LogP contribution in [0.5, 0.6) is 0 Å². The second kappa shape index (κ2) is 7.50. The van der Waals surface area contributed by atoms with Crippen molar-refractivity contribution in [3.05, 3.63) is 17.4 Å². The number of halogens is 2. The van der Waals surface area contributed by atoms with Crippen molar-refractivity contribution in [3.8, 4) is 0 Å². The summed E-state index contributed by atoms with van der Waals surface area (Å²) in [6, 6.07) is 0. The Kier molecular flexibility index (Phi) is 7.11. The summed E-state index contributed by atoms with van der Waals surface area (Å²) in [6.45, 7) is 1.50. The van der Waals surface area contributed by atoms with Crippen molar-refractivity contribution >= 4 is 29.9 Å². The minimum Gasteiger partial charge on any atom is -0.355 e. The number of hydrogen-bond donors (Lipinski definition) is 2. The fourth-order valence-corrected chi connectivity index (χ4v) is 1.13. The normalized spacial score (nSPS) is 9.47. The van der Waals surface area contributed by atoms with E-state index >= 15 is 0 Å². The van der Waals surface area contributed by atoms with E-state index in [4.69, 9.17) is 17.3 Å². The van der Waals surface area contributed by atoms with E-state index in [2.05, 4.69) is 10.4 Å². The molecule has 86 valence electrons. The molecule has 1 rings (SSSR count). The first kappa shape index (κ1) is 14.2. The van der Waals surface area contributed by atoms with Gasteiger partial charge in [-0.05, 0) is 0 Å². The van der Waals surface area contributed by atoms with Crippen molar-refractivity contribution in [1.29, 1.82) is 0 Å². The van der Waals surface area contributed by atoms with Crippen LogP contribution in [0.2, 0.25) is 5.02 Å². The SMILES string of the molecule is Cl.NCCNC(=O)CCn1cc(Cl)cn1. The van der Waals surface area contributed by atoms with Crippen molar-refractivity contribution in [3.63, 3.8) is 0 Å². The fourth-order valence-electron chi connectivity index (χ4n) is 0.977. The summed E-state index contributed by atoms with van der Waals surface area (Å²) in [6.07, 6.45) is 3.61. The average molecular weight is 253 g/mol. The van der Waals surface area contributed by atoms with E-state index in [0.717, 1.165) is 0 Å². The van der Waals surface area contributed by atoms with Crippen molar-refractivity contribution < 1.29 is 4.79 Å². The Morgan fingerprint density at radius 1 is 1.67 bits per heavy atom. The zero-order chi connectivity index (χ0) is 10.4. The molecule has 0 atom stereocenters. The Morgan fingerprint density at radius 3 is 2.93 bits per heavy atom. The molecule has 1 heterocycles. The summed E-state index contributed by atoms with van der Waals surface area (Å²) in [5.74, 6) is -0.0259. The van der Waals surface area contributed by atoms with Gasteiger partial charge in [-0.1, -0.05) is 11.6 Å². The highest BCUT2D eigenvalue weighted by atomic mass is 35.5. The van der Waals surface area contributed by atoms with Crippen molar-refractivity contribution in [2.24, 2.45) is 5.73 Å². The number of nitrogens with zero attached hydrogens (tertiary/aromatic N) is 2. The number of carbonyl (C=O) groups is 1. The van der Waals surface area contributed by atoms with Gasteiger partial charge < -0.3 is 11.1 Å². The number of rotatable bonds is 5. The smallest absolute Gasteiger partial charge is 0.221 e. The second-order valence-electron chi connectivity index (χ2n) is 2.81. The van der Waals surface area contributed by atoms with Crippen LogP contribution in [-0.2, 0) is 11.3 Å². The molecule has 0 aliphatic heterocycles. The summed E-state index contributed by atoms with van der Waals surface area (Å²) in [4.78, 5) is 11.1. The quantitative estimate of drug-likeness (QED) is 0.798. The lowest BCUT2D eigenvalue weighted by Gasteiger charge is -2.02. The zero-order valence-corrected chi connectivity index (χ0v) is 9.72. The maximum atomic E-state index is 11.1. The number of carbonyl (C=O) groups excluding carboxylic acids is 1. The molecule has 3 N–H and O–H groups in total. The molecule has 0 aliphatic rings. The minimum atomic E-state index is -0.0259. The van der Waals surface area contributed by atoms with Gasteiger partial charge in [-0.3, -0.25) is 9.48 Å². The van der Waals surface area contributed by atoms with E-state index in [0.29, 0.717) is 31.1 Å². The van der Waals surface area contributed by atoms with Crippen LogP contribution in [-0.4, -0.2) is 28.8 Å². The molecule has 7 heteroatoms. The van der Waals surface area contributed by atoms with Crippen molar-refractivity contribution in [1.82, 2.24) is 15.1 Å². The molecule has 15 heavy (non-hydrogen) atoms. The predicted molar refractivity (Wildman–Crippen MR) is 61.2 cm³/mol. The van der Waals surface area contributed by atoms with Gasteiger partial charge in [0, 0.05) is 32.3 Å². The van der Waals surface area contributed by atoms with Crippen LogP contribution >= 0.6 is 24.0 Å². The minimum absolute atomic E-state index is 0. The Balaban J connectivity index is 0.00000196. The van der Waals surface area contributed by atoms with E-state index in [9.17, 15) is 4.79 Å². The second-order valence-corrected chi connectivity index (χ2v) is 3.25.